The highest BCUT2D eigenvalue weighted by Gasteiger charge is 2.24. The lowest BCUT2D eigenvalue weighted by molar-refractivity contribution is 0.0778. The van der Waals surface area contributed by atoms with Crippen LogP contribution >= 0.6 is 0 Å². The van der Waals surface area contributed by atoms with Gasteiger partial charge < -0.3 is 9.80 Å². The summed E-state index contributed by atoms with van der Waals surface area (Å²) >= 11 is 0. The Bertz CT molecular complexity index is 435. The molecule has 1 amide bonds. The Kier molecular flexibility index (Phi) is 5.06. The second-order valence-electron chi connectivity index (χ2n) is 6.18. The van der Waals surface area contributed by atoms with Gasteiger partial charge in [0.05, 0.1) is 0 Å². The number of hydrogen-bond donors (Lipinski definition) is 0. The standard InChI is InChI=1S/C15H25N3O/c1-15(2,3)12-8-7-9-16-13(12)14(19)18(6)11-10-17(4)5/h7-9H,10-11H2,1-6H3. The normalized spacial score (nSPS) is 11.7. The minimum atomic E-state index is -0.0817. The molecule has 4 nitrogen and oxygen atoms in total. The van der Waals surface area contributed by atoms with E-state index in [0.717, 1.165) is 12.1 Å². The molecule has 0 fully saturated rings. The summed E-state index contributed by atoms with van der Waals surface area (Å²) in [7, 11) is 5.83. The molecule has 0 spiro atoms. The Morgan fingerprint density at radius 1 is 1.21 bits per heavy atom. The summed E-state index contributed by atoms with van der Waals surface area (Å²) in [6, 6.07) is 3.87. The van der Waals surface area contributed by atoms with E-state index in [1.54, 1.807) is 11.1 Å². The third-order valence-corrected chi connectivity index (χ3v) is 3.05. The first-order chi connectivity index (χ1) is 8.73. The van der Waals surface area contributed by atoms with Crippen LogP contribution in [0.1, 0.15) is 36.8 Å². The van der Waals surface area contributed by atoms with Gasteiger partial charge in [0.2, 0.25) is 0 Å². The number of aromatic nitrogens is 1. The van der Waals surface area contributed by atoms with Crippen LogP contribution in [0.25, 0.3) is 0 Å². The lowest BCUT2D eigenvalue weighted by atomic mass is 9.85. The molecule has 0 saturated heterocycles. The van der Waals surface area contributed by atoms with E-state index in [-0.39, 0.29) is 11.3 Å². The van der Waals surface area contributed by atoms with Crippen LogP contribution in [0.4, 0.5) is 0 Å². The third kappa shape index (κ3) is 4.31. The van der Waals surface area contributed by atoms with Gasteiger partial charge >= 0.3 is 0 Å². The highest BCUT2D eigenvalue weighted by Crippen LogP contribution is 2.25. The number of nitrogens with zero attached hydrogens (tertiary/aromatic N) is 3. The van der Waals surface area contributed by atoms with Crippen molar-refractivity contribution < 1.29 is 4.79 Å². The number of amides is 1. The Balaban J connectivity index is 2.94. The fraction of sp³-hybridized carbons (Fsp3) is 0.600. The Labute approximate surface area is 116 Å². The smallest absolute Gasteiger partial charge is 0.272 e. The van der Waals surface area contributed by atoms with E-state index in [9.17, 15) is 4.79 Å². The van der Waals surface area contributed by atoms with Gasteiger partial charge in [0, 0.05) is 26.3 Å². The summed E-state index contributed by atoms with van der Waals surface area (Å²) in [6.07, 6.45) is 1.68. The van der Waals surface area contributed by atoms with Crippen molar-refractivity contribution in [3.8, 4) is 0 Å². The van der Waals surface area contributed by atoms with E-state index in [0.29, 0.717) is 12.2 Å². The van der Waals surface area contributed by atoms with Gasteiger partial charge in [-0.3, -0.25) is 9.78 Å². The monoisotopic (exact) mass is 263 g/mol. The molecule has 0 bridgehead atoms. The third-order valence-electron chi connectivity index (χ3n) is 3.05. The van der Waals surface area contributed by atoms with E-state index in [2.05, 4.69) is 30.7 Å². The van der Waals surface area contributed by atoms with Gasteiger partial charge in [-0.05, 0) is 31.1 Å². The van der Waals surface area contributed by atoms with Gasteiger partial charge in [0.15, 0.2) is 0 Å². The molecule has 1 rings (SSSR count). The van der Waals surface area contributed by atoms with Crippen molar-refractivity contribution in [3.63, 3.8) is 0 Å². The summed E-state index contributed by atoms with van der Waals surface area (Å²) in [6.45, 7) is 7.84. The predicted octanol–water partition coefficient (Wildman–Crippen LogP) is 2.01. The van der Waals surface area contributed by atoms with Crippen LogP contribution in [-0.4, -0.2) is 54.9 Å². The van der Waals surface area contributed by atoms with Gasteiger partial charge in [0.25, 0.3) is 5.91 Å². The summed E-state index contributed by atoms with van der Waals surface area (Å²) in [4.78, 5) is 20.6. The van der Waals surface area contributed by atoms with Crippen LogP contribution in [0.5, 0.6) is 0 Å². The zero-order chi connectivity index (χ0) is 14.6. The van der Waals surface area contributed by atoms with Gasteiger partial charge in [0.1, 0.15) is 5.69 Å². The maximum atomic E-state index is 12.5. The molecule has 0 N–H and O–H groups in total. The topological polar surface area (TPSA) is 36.4 Å². The zero-order valence-corrected chi connectivity index (χ0v) is 12.9. The summed E-state index contributed by atoms with van der Waals surface area (Å²) in [5.41, 5.74) is 1.48. The summed E-state index contributed by atoms with van der Waals surface area (Å²) in [5.74, 6) is -0.00706. The van der Waals surface area contributed by atoms with Crippen molar-refractivity contribution in [1.82, 2.24) is 14.8 Å². The van der Waals surface area contributed by atoms with Crippen molar-refractivity contribution in [2.24, 2.45) is 0 Å². The van der Waals surface area contributed by atoms with E-state index in [4.69, 9.17) is 0 Å². The highest BCUT2D eigenvalue weighted by atomic mass is 16.2. The molecule has 1 heterocycles. The molecule has 1 aromatic rings. The number of carbonyl (C=O) groups excluding carboxylic acids is 1. The van der Waals surface area contributed by atoms with Crippen LogP contribution in [0.2, 0.25) is 0 Å². The Morgan fingerprint density at radius 3 is 2.37 bits per heavy atom. The van der Waals surface area contributed by atoms with Crippen LogP contribution < -0.4 is 0 Å². The molecular weight excluding hydrogens is 238 g/mol. The van der Waals surface area contributed by atoms with Gasteiger partial charge in [-0.15, -0.1) is 0 Å². The van der Waals surface area contributed by atoms with Crippen LogP contribution in [-0.2, 0) is 5.41 Å². The van der Waals surface area contributed by atoms with Crippen molar-refractivity contribution in [3.05, 3.63) is 29.6 Å². The fourth-order valence-electron chi connectivity index (χ4n) is 1.81. The van der Waals surface area contributed by atoms with Gasteiger partial charge in [-0.25, -0.2) is 0 Å². The van der Waals surface area contributed by atoms with E-state index in [1.165, 1.54) is 0 Å². The minimum absolute atomic E-state index is 0.00706. The maximum absolute atomic E-state index is 12.5. The molecule has 0 aliphatic rings. The van der Waals surface area contributed by atoms with Gasteiger partial charge in [-0.2, -0.15) is 0 Å². The molecule has 106 valence electrons. The molecular formula is C15H25N3O. The van der Waals surface area contributed by atoms with Crippen LogP contribution in [0.3, 0.4) is 0 Å². The lowest BCUT2D eigenvalue weighted by Gasteiger charge is -2.25. The van der Waals surface area contributed by atoms with E-state index < -0.39 is 0 Å². The number of carbonyl (C=O) groups is 1. The Morgan fingerprint density at radius 2 is 1.84 bits per heavy atom. The molecule has 0 aliphatic heterocycles. The summed E-state index contributed by atoms with van der Waals surface area (Å²) in [5, 5.41) is 0. The molecule has 0 aromatic carbocycles. The van der Waals surface area contributed by atoms with Gasteiger partial charge in [-0.1, -0.05) is 26.8 Å². The highest BCUT2D eigenvalue weighted by molar-refractivity contribution is 5.93. The molecule has 0 unspecified atom stereocenters. The fourth-order valence-corrected chi connectivity index (χ4v) is 1.81. The second kappa shape index (κ2) is 6.15. The number of pyridine rings is 1. The first kappa shape index (κ1) is 15.6. The molecule has 19 heavy (non-hydrogen) atoms. The molecule has 0 aliphatic carbocycles. The minimum Gasteiger partial charge on any atom is -0.339 e. The lowest BCUT2D eigenvalue weighted by Crippen LogP contribution is -2.35. The van der Waals surface area contributed by atoms with Crippen molar-refractivity contribution in [1.29, 1.82) is 0 Å². The SMILES string of the molecule is CN(C)CCN(C)C(=O)c1ncccc1C(C)(C)C. The van der Waals surface area contributed by atoms with Crippen LogP contribution in [0, 0.1) is 0 Å². The van der Waals surface area contributed by atoms with Crippen molar-refractivity contribution in [2.45, 2.75) is 26.2 Å². The first-order valence-corrected chi connectivity index (χ1v) is 6.59. The zero-order valence-electron chi connectivity index (χ0n) is 12.9. The van der Waals surface area contributed by atoms with Crippen molar-refractivity contribution in [2.75, 3.05) is 34.2 Å². The Hall–Kier alpha value is -1.42. The molecule has 0 saturated carbocycles. The maximum Gasteiger partial charge on any atom is 0.272 e. The predicted molar refractivity (Wildman–Crippen MR) is 78.5 cm³/mol. The average molecular weight is 263 g/mol. The molecule has 4 heteroatoms. The number of hydrogen-bond acceptors (Lipinski definition) is 3. The van der Waals surface area contributed by atoms with Crippen molar-refractivity contribution >= 4 is 5.91 Å². The van der Waals surface area contributed by atoms with E-state index in [1.807, 2.05) is 33.3 Å². The first-order valence-electron chi connectivity index (χ1n) is 6.59. The number of likely N-dealkylation sites (N-methyl/N-ethyl adjacent to an activating group) is 2. The number of rotatable bonds is 4. The summed E-state index contributed by atoms with van der Waals surface area (Å²) < 4.78 is 0. The molecule has 0 radical (unpaired) electrons. The average Bonchev–Trinajstić information content (AvgIpc) is 2.34. The van der Waals surface area contributed by atoms with E-state index >= 15 is 0 Å². The largest absolute Gasteiger partial charge is 0.339 e. The molecule has 1 aromatic heterocycles. The quantitative estimate of drug-likeness (QED) is 0.834. The second-order valence-corrected chi connectivity index (χ2v) is 6.18. The van der Waals surface area contributed by atoms with Crippen LogP contribution in [0.15, 0.2) is 18.3 Å². The molecule has 0 atom stereocenters.